The monoisotopic (exact) mass is 334 g/mol. The predicted octanol–water partition coefficient (Wildman–Crippen LogP) is 2.97. The fourth-order valence-corrected chi connectivity index (χ4v) is 2.56. The third-order valence-electron chi connectivity index (χ3n) is 3.13. The van der Waals surface area contributed by atoms with Crippen LogP contribution in [-0.4, -0.2) is 26.3 Å². The highest BCUT2D eigenvalue weighted by Crippen LogP contribution is 2.25. The topological polar surface area (TPSA) is 59.3 Å². The molecule has 118 valence electrons. The summed E-state index contributed by atoms with van der Waals surface area (Å²) in [5.41, 5.74) is 1.10. The number of fused-ring (bicyclic) bond motifs is 1. The molecule has 2 aromatic heterocycles. The van der Waals surface area contributed by atoms with Crippen LogP contribution < -0.4 is 5.32 Å². The molecule has 1 aromatic carbocycles. The molecular formula is C15H12F2N4OS. The molecule has 0 aliphatic rings. The van der Waals surface area contributed by atoms with Gasteiger partial charge in [-0.1, -0.05) is 17.8 Å². The van der Waals surface area contributed by atoms with E-state index in [0.29, 0.717) is 33.7 Å². The van der Waals surface area contributed by atoms with Gasteiger partial charge in [-0.25, -0.2) is 0 Å². The first-order chi connectivity index (χ1) is 11.1. The molecule has 0 spiro atoms. The number of pyridine rings is 1. The number of hydrogen-bond donors (Lipinski definition) is 1. The van der Waals surface area contributed by atoms with Gasteiger partial charge in [-0.05, 0) is 36.4 Å². The van der Waals surface area contributed by atoms with Gasteiger partial charge in [0.05, 0.1) is 6.54 Å². The summed E-state index contributed by atoms with van der Waals surface area (Å²) < 4.78 is 26.3. The van der Waals surface area contributed by atoms with Crippen molar-refractivity contribution in [3.05, 3.63) is 60.0 Å². The van der Waals surface area contributed by atoms with Crippen LogP contribution in [0.1, 0.15) is 16.2 Å². The van der Waals surface area contributed by atoms with Gasteiger partial charge in [0.1, 0.15) is 0 Å². The first-order valence-electron chi connectivity index (χ1n) is 6.75. The second kappa shape index (κ2) is 6.74. The van der Waals surface area contributed by atoms with Crippen molar-refractivity contribution in [1.82, 2.24) is 19.9 Å². The number of aromatic nitrogens is 3. The number of halogens is 2. The third kappa shape index (κ3) is 3.65. The third-order valence-corrected chi connectivity index (χ3v) is 3.86. The van der Waals surface area contributed by atoms with Crippen LogP contribution in [0.25, 0.3) is 5.65 Å². The van der Waals surface area contributed by atoms with E-state index >= 15 is 0 Å². The second-order valence-electron chi connectivity index (χ2n) is 4.63. The lowest BCUT2D eigenvalue weighted by atomic mass is 10.2. The molecule has 2 heterocycles. The molecule has 0 saturated carbocycles. The van der Waals surface area contributed by atoms with Crippen LogP contribution in [0.15, 0.2) is 53.6 Å². The van der Waals surface area contributed by atoms with Crippen LogP contribution in [0, 0.1) is 0 Å². The average Bonchev–Trinajstić information content (AvgIpc) is 2.96. The standard InChI is InChI=1S/C15H12F2N4OS/c16-15(17)23-11-6-4-10(5-7-11)14(22)18-9-13-20-19-12-3-1-2-8-21(12)13/h1-8,15H,9H2,(H,18,22). The highest BCUT2D eigenvalue weighted by atomic mass is 32.2. The Kier molecular flexibility index (Phi) is 4.52. The summed E-state index contributed by atoms with van der Waals surface area (Å²) >= 11 is 0.445. The second-order valence-corrected chi connectivity index (χ2v) is 5.69. The van der Waals surface area contributed by atoms with E-state index in [9.17, 15) is 13.6 Å². The van der Waals surface area contributed by atoms with Crippen molar-refractivity contribution in [2.75, 3.05) is 0 Å². The summed E-state index contributed by atoms with van der Waals surface area (Å²) in [7, 11) is 0. The zero-order chi connectivity index (χ0) is 16.2. The van der Waals surface area contributed by atoms with Crippen LogP contribution >= 0.6 is 11.8 Å². The number of carbonyl (C=O) groups excluding carboxylic acids is 1. The van der Waals surface area contributed by atoms with Crippen LogP contribution in [0.2, 0.25) is 0 Å². The quantitative estimate of drug-likeness (QED) is 0.729. The van der Waals surface area contributed by atoms with E-state index in [4.69, 9.17) is 0 Å². The van der Waals surface area contributed by atoms with Gasteiger partial charge in [-0.2, -0.15) is 8.78 Å². The molecule has 3 rings (SSSR count). The molecule has 23 heavy (non-hydrogen) atoms. The number of nitrogens with one attached hydrogen (secondary N) is 1. The lowest BCUT2D eigenvalue weighted by Gasteiger charge is -2.05. The van der Waals surface area contributed by atoms with Crippen LogP contribution in [-0.2, 0) is 6.54 Å². The maximum atomic E-state index is 12.3. The van der Waals surface area contributed by atoms with E-state index in [0.717, 1.165) is 0 Å². The maximum Gasteiger partial charge on any atom is 0.288 e. The lowest BCUT2D eigenvalue weighted by Crippen LogP contribution is -2.23. The zero-order valence-corrected chi connectivity index (χ0v) is 12.6. The average molecular weight is 334 g/mol. The van der Waals surface area contributed by atoms with Gasteiger partial charge < -0.3 is 5.32 Å². The number of alkyl halides is 2. The van der Waals surface area contributed by atoms with Crippen molar-refractivity contribution in [3.8, 4) is 0 Å². The Bertz CT molecular complexity index is 820. The van der Waals surface area contributed by atoms with Crippen molar-refractivity contribution in [1.29, 1.82) is 0 Å². The van der Waals surface area contributed by atoms with Gasteiger partial charge >= 0.3 is 0 Å². The van der Waals surface area contributed by atoms with E-state index < -0.39 is 5.76 Å². The highest BCUT2D eigenvalue weighted by molar-refractivity contribution is 7.99. The van der Waals surface area contributed by atoms with Crippen molar-refractivity contribution in [3.63, 3.8) is 0 Å². The predicted molar refractivity (Wildman–Crippen MR) is 82.5 cm³/mol. The summed E-state index contributed by atoms with van der Waals surface area (Å²) in [5.74, 6) is -2.17. The molecule has 0 unspecified atom stereocenters. The molecule has 5 nitrogen and oxygen atoms in total. The van der Waals surface area contributed by atoms with Gasteiger partial charge in [0.15, 0.2) is 11.5 Å². The molecule has 0 aliphatic carbocycles. The first kappa shape index (κ1) is 15.4. The molecule has 3 aromatic rings. The van der Waals surface area contributed by atoms with Crippen LogP contribution in [0.5, 0.6) is 0 Å². The normalized spacial score (nSPS) is 11.1. The Balaban J connectivity index is 1.65. The molecule has 1 N–H and O–H groups in total. The number of nitrogens with zero attached hydrogens (tertiary/aromatic N) is 3. The molecule has 0 bridgehead atoms. The Labute approximate surface area is 134 Å². The summed E-state index contributed by atoms with van der Waals surface area (Å²) in [6.45, 7) is 0.220. The minimum absolute atomic E-state index is 0.220. The van der Waals surface area contributed by atoms with E-state index in [2.05, 4.69) is 15.5 Å². The molecule has 0 atom stereocenters. The van der Waals surface area contributed by atoms with Crippen LogP contribution in [0.3, 0.4) is 0 Å². The number of amides is 1. The Morgan fingerprint density at radius 3 is 2.70 bits per heavy atom. The molecule has 1 amide bonds. The molecular weight excluding hydrogens is 322 g/mol. The fraction of sp³-hybridized carbons (Fsp3) is 0.133. The van der Waals surface area contributed by atoms with E-state index in [1.807, 2.05) is 24.4 Å². The fourth-order valence-electron chi connectivity index (χ4n) is 2.06. The van der Waals surface area contributed by atoms with Gasteiger partial charge in [-0.15, -0.1) is 10.2 Å². The van der Waals surface area contributed by atoms with Crippen LogP contribution in [0.4, 0.5) is 8.78 Å². The maximum absolute atomic E-state index is 12.3. The number of rotatable bonds is 5. The lowest BCUT2D eigenvalue weighted by molar-refractivity contribution is 0.0949. The SMILES string of the molecule is O=C(NCc1nnc2ccccn12)c1ccc(SC(F)F)cc1. The van der Waals surface area contributed by atoms with Crippen molar-refractivity contribution in [2.45, 2.75) is 17.2 Å². The Hall–Kier alpha value is -2.48. The minimum Gasteiger partial charge on any atom is -0.345 e. The number of hydrogen-bond acceptors (Lipinski definition) is 4. The van der Waals surface area contributed by atoms with Gasteiger partial charge in [-0.3, -0.25) is 9.20 Å². The summed E-state index contributed by atoms with van der Waals surface area (Å²) in [5, 5.41) is 10.8. The van der Waals surface area contributed by atoms with Gasteiger partial charge in [0.25, 0.3) is 11.7 Å². The minimum atomic E-state index is -2.48. The van der Waals surface area contributed by atoms with Gasteiger partial charge in [0.2, 0.25) is 0 Å². The number of thioether (sulfide) groups is 1. The Morgan fingerprint density at radius 1 is 1.17 bits per heavy atom. The van der Waals surface area contributed by atoms with Gasteiger partial charge in [0, 0.05) is 16.7 Å². The van der Waals surface area contributed by atoms with E-state index in [1.165, 1.54) is 24.3 Å². The smallest absolute Gasteiger partial charge is 0.288 e. The molecule has 8 heteroatoms. The zero-order valence-electron chi connectivity index (χ0n) is 11.8. The van der Waals surface area contributed by atoms with Crippen molar-refractivity contribution >= 4 is 23.3 Å². The largest absolute Gasteiger partial charge is 0.345 e. The highest BCUT2D eigenvalue weighted by Gasteiger charge is 2.10. The Morgan fingerprint density at radius 2 is 1.96 bits per heavy atom. The molecule has 0 fully saturated rings. The molecule has 0 aliphatic heterocycles. The van der Waals surface area contributed by atoms with E-state index in [-0.39, 0.29) is 12.5 Å². The summed E-state index contributed by atoms with van der Waals surface area (Å²) in [4.78, 5) is 12.5. The summed E-state index contributed by atoms with van der Waals surface area (Å²) in [6, 6.07) is 11.5. The van der Waals surface area contributed by atoms with E-state index in [1.54, 1.807) is 4.40 Å². The summed E-state index contributed by atoms with van der Waals surface area (Å²) in [6.07, 6.45) is 1.81. The first-order valence-corrected chi connectivity index (χ1v) is 7.63. The van der Waals surface area contributed by atoms with Crippen molar-refractivity contribution in [2.24, 2.45) is 0 Å². The number of benzene rings is 1. The molecule has 0 radical (unpaired) electrons. The van der Waals surface area contributed by atoms with Crippen molar-refractivity contribution < 1.29 is 13.6 Å². The molecule has 0 saturated heterocycles. The number of carbonyl (C=O) groups is 1.